The monoisotopic (exact) mass is 315 g/mol. The number of nitrogens with zero attached hydrogens (tertiary/aromatic N) is 1. The molecule has 2 aromatic rings. The zero-order valence-corrected chi connectivity index (χ0v) is 14.0. The van der Waals surface area contributed by atoms with E-state index in [1.807, 2.05) is 35.0 Å². The third kappa shape index (κ3) is 3.65. The van der Waals surface area contributed by atoms with E-state index in [2.05, 4.69) is 13.8 Å². The molecule has 4 nitrogen and oxygen atoms in total. The molecule has 0 aliphatic carbocycles. The first-order chi connectivity index (χ1) is 11.1. The molecule has 3 atom stereocenters. The second kappa shape index (κ2) is 6.85. The molecule has 0 saturated carbocycles. The number of carbonyl (C=O) groups excluding carboxylic acids is 1. The smallest absolute Gasteiger partial charge is 0.152 e. The van der Waals surface area contributed by atoms with Gasteiger partial charge in [-0.25, -0.2) is 0 Å². The van der Waals surface area contributed by atoms with Crippen LogP contribution in [0.25, 0.3) is 10.9 Å². The number of hydrogen-bond donors (Lipinski definition) is 2. The molecule has 0 radical (unpaired) electrons. The number of para-hydroxylation sites is 1. The van der Waals surface area contributed by atoms with Gasteiger partial charge >= 0.3 is 0 Å². The molecule has 1 aliphatic heterocycles. The van der Waals surface area contributed by atoms with Gasteiger partial charge < -0.3 is 14.6 Å². The van der Waals surface area contributed by atoms with Crippen LogP contribution in [0, 0.1) is 11.8 Å². The van der Waals surface area contributed by atoms with Crippen LogP contribution in [0.15, 0.2) is 30.5 Å². The van der Waals surface area contributed by atoms with Crippen molar-refractivity contribution in [2.45, 2.75) is 32.9 Å². The van der Waals surface area contributed by atoms with Crippen molar-refractivity contribution in [3.63, 3.8) is 0 Å². The molecule has 2 heterocycles. The van der Waals surface area contributed by atoms with Crippen molar-refractivity contribution in [1.29, 1.82) is 0 Å². The summed E-state index contributed by atoms with van der Waals surface area (Å²) in [4.78, 5) is 12.7. The molecule has 23 heavy (non-hydrogen) atoms. The van der Waals surface area contributed by atoms with E-state index < -0.39 is 6.10 Å². The van der Waals surface area contributed by atoms with Gasteiger partial charge in [0.15, 0.2) is 6.29 Å². The molecule has 0 unspecified atom stereocenters. The highest BCUT2D eigenvalue weighted by molar-refractivity contribution is 5.97. The first-order valence-electron chi connectivity index (χ1n) is 8.61. The lowest BCUT2D eigenvalue weighted by molar-refractivity contribution is -0.915. The van der Waals surface area contributed by atoms with E-state index in [0.29, 0.717) is 12.1 Å². The number of aliphatic hydroxyl groups excluding tert-OH is 1. The standard InChI is InChI=1S/C19H26N2O2/c1-14-7-15(2)9-20(8-14)11-17(23)12-21-10-16(13-22)18-5-3-4-6-19(18)21/h3-6,10,13-15,17,23H,7-9,11-12H2,1-2H3/p+1/t14-,15-,17-/m0/s1. The lowest BCUT2D eigenvalue weighted by atomic mass is 9.92. The lowest BCUT2D eigenvalue weighted by Crippen LogP contribution is -3.15. The van der Waals surface area contributed by atoms with Gasteiger partial charge in [-0.1, -0.05) is 32.0 Å². The molecule has 0 amide bonds. The van der Waals surface area contributed by atoms with E-state index in [-0.39, 0.29) is 0 Å². The minimum atomic E-state index is -0.391. The Morgan fingerprint density at radius 2 is 2.00 bits per heavy atom. The van der Waals surface area contributed by atoms with E-state index >= 15 is 0 Å². The predicted molar refractivity (Wildman–Crippen MR) is 91.8 cm³/mol. The average Bonchev–Trinajstić information content (AvgIpc) is 2.84. The molecule has 1 aromatic carbocycles. The molecule has 0 spiro atoms. The van der Waals surface area contributed by atoms with Crippen LogP contribution in [0.2, 0.25) is 0 Å². The Morgan fingerprint density at radius 3 is 2.70 bits per heavy atom. The molecular weight excluding hydrogens is 288 g/mol. The Hall–Kier alpha value is -1.65. The van der Waals surface area contributed by atoms with Gasteiger partial charge in [0, 0.05) is 34.5 Å². The van der Waals surface area contributed by atoms with Gasteiger partial charge in [0.05, 0.1) is 19.6 Å². The second-order valence-corrected chi connectivity index (χ2v) is 7.33. The van der Waals surface area contributed by atoms with Crippen LogP contribution >= 0.6 is 0 Å². The largest absolute Gasteiger partial charge is 0.385 e. The summed E-state index contributed by atoms with van der Waals surface area (Å²) in [5.41, 5.74) is 1.71. The summed E-state index contributed by atoms with van der Waals surface area (Å²) in [5, 5.41) is 11.5. The number of hydrogen-bond acceptors (Lipinski definition) is 2. The number of likely N-dealkylation sites (tertiary alicyclic amines) is 1. The van der Waals surface area contributed by atoms with Crippen molar-refractivity contribution in [2.24, 2.45) is 11.8 Å². The van der Waals surface area contributed by atoms with Crippen molar-refractivity contribution in [1.82, 2.24) is 4.57 Å². The Balaban J connectivity index is 1.70. The fraction of sp³-hybridized carbons (Fsp3) is 0.526. The maximum Gasteiger partial charge on any atom is 0.152 e. The van der Waals surface area contributed by atoms with Gasteiger partial charge in [-0.3, -0.25) is 4.79 Å². The molecule has 1 fully saturated rings. The van der Waals surface area contributed by atoms with Gasteiger partial charge in [0.25, 0.3) is 0 Å². The Bertz CT molecular complexity index is 669. The minimum Gasteiger partial charge on any atom is -0.385 e. The zero-order valence-electron chi connectivity index (χ0n) is 14.0. The van der Waals surface area contributed by atoms with Crippen molar-refractivity contribution in [2.75, 3.05) is 19.6 Å². The molecule has 4 heteroatoms. The van der Waals surface area contributed by atoms with Gasteiger partial charge in [0.2, 0.25) is 0 Å². The van der Waals surface area contributed by atoms with Crippen molar-refractivity contribution >= 4 is 17.2 Å². The van der Waals surface area contributed by atoms with Crippen molar-refractivity contribution in [3.05, 3.63) is 36.0 Å². The SMILES string of the molecule is C[C@H]1C[C@H](C)C[NH+](C[C@H](O)Cn2cc(C=O)c3ccccc32)C1. The highest BCUT2D eigenvalue weighted by Crippen LogP contribution is 2.20. The summed E-state index contributed by atoms with van der Waals surface area (Å²) in [6.45, 7) is 8.22. The van der Waals surface area contributed by atoms with Gasteiger partial charge in [-0.05, 0) is 12.5 Å². The van der Waals surface area contributed by atoms with E-state index in [4.69, 9.17) is 0 Å². The van der Waals surface area contributed by atoms with E-state index in [9.17, 15) is 9.90 Å². The fourth-order valence-electron chi connectivity index (χ4n) is 4.23. The quantitative estimate of drug-likeness (QED) is 0.819. The third-order valence-corrected chi connectivity index (χ3v) is 4.96. The summed E-state index contributed by atoms with van der Waals surface area (Å²) in [6.07, 6.45) is 3.66. The van der Waals surface area contributed by atoms with E-state index in [1.165, 1.54) is 11.3 Å². The number of benzene rings is 1. The maximum atomic E-state index is 11.2. The van der Waals surface area contributed by atoms with Crippen LogP contribution in [0.5, 0.6) is 0 Å². The maximum absolute atomic E-state index is 11.2. The van der Waals surface area contributed by atoms with Crippen molar-refractivity contribution < 1.29 is 14.8 Å². The lowest BCUT2D eigenvalue weighted by Gasteiger charge is -2.33. The highest BCUT2D eigenvalue weighted by Gasteiger charge is 2.27. The summed E-state index contributed by atoms with van der Waals surface area (Å²) in [5.74, 6) is 1.46. The average molecular weight is 315 g/mol. The van der Waals surface area contributed by atoms with Crippen LogP contribution in [0.4, 0.5) is 0 Å². The molecule has 1 aromatic heterocycles. The number of quaternary nitrogens is 1. The molecule has 3 rings (SSSR count). The normalized spacial score (nSPS) is 26.3. The second-order valence-electron chi connectivity index (χ2n) is 7.33. The first kappa shape index (κ1) is 16.2. The number of aromatic nitrogens is 1. The van der Waals surface area contributed by atoms with Crippen LogP contribution in [0.1, 0.15) is 30.6 Å². The molecule has 124 valence electrons. The number of piperidine rings is 1. The van der Waals surface area contributed by atoms with Crippen LogP contribution < -0.4 is 4.90 Å². The van der Waals surface area contributed by atoms with Gasteiger partial charge in [-0.15, -0.1) is 0 Å². The van der Waals surface area contributed by atoms with E-state index in [0.717, 1.165) is 48.7 Å². The van der Waals surface area contributed by atoms with Gasteiger partial charge in [-0.2, -0.15) is 0 Å². The summed E-state index contributed by atoms with van der Waals surface area (Å²) < 4.78 is 2.01. The number of aliphatic hydroxyl groups is 1. The highest BCUT2D eigenvalue weighted by atomic mass is 16.3. The topological polar surface area (TPSA) is 46.7 Å². The van der Waals surface area contributed by atoms with Gasteiger partial charge in [0.1, 0.15) is 12.6 Å². The Morgan fingerprint density at radius 1 is 1.30 bits per heavy atom. The summed E-state index contributed by atoms with van der Waals surface area (Å²) in [7, 11) is 0. The zero-order chi connectivity index (χ0) is 16.4. The third-order valence-electron chi connectivity index (χ3n) is 4.96. The Labute approximate surface area is 137 Å². The predicted octanol–water partition coefficient (Wildman–Crippen LogP) is 1.38. The van der Waals surface area contributed by atoms with Crippen LogP contribution in [-0.4, -0.2) is 41.7 Å². The number of fused-ring (bicyclic) bond motifs is 1. The molecule has 1 saturated heterocycles. The number of nitrogens with one attached hydrogen (secondary N) is 1. The Kier molecular flexibility index (Phi) is 4.83. The molecular formula is C19H27N2O2+. The van der Waals surface area contributed by atoms with Crippen LogP contribution in [0.3, 0.4) is 0 Å². The summed E-state index contributed by atoms with van der Waals surface area (Å²) >= 11 is 0. The molecule has 2 N–H and O–H groups in total. The molecule has 1 aliphatic rings. The number of aldehydes is 1. The number of rotatable bonds is 5. The van der Waals surface area contributed by atoms with Crippen LogP contribution in [-0.2, 0) is 6.54 Å². The van der Waals surface area contributed by atoms with E-state index in [1.54, 1.807) is 0 Å². The fourth-order valence-corrected chi connectivity index (χ4v) is 4.23. The molecule has 0 bridgehead atoms. The number of carbonyl (C=O) groups is 1. The minimum absolute atomic E-state index is 0.391. The summed E-state index contributed by atoms with van der Waals surface area (Å²) in [6, 6.07) is 7.88. The first-order valence-corrected chi connectivity index (χ1v) is 8.61. The van der Waals surface area contributed by atoms with Crippen molar-refractivity contribution in [3.8, 4) is 0 Å².